The number of hydrogen-bond acceptors (Lipinski definition) is 5. The number of hydrazine groups is 1. The van der Waals surface area contributed by atoms with E-state index in [1.54, 1.807) is 0 Å². The van der Waals surface area contributed by atoms with Gasteiger partial charge in [0.15, 0.2) is 5.75 Å². The summed E-state index contributed by atoms with van der Waals surface area (Å²) in [6.07, 6.45) is 0. The number of amides is 1. The Bertz CT molecular complexity index is 660. The van der Waals surface area contributed by atoms with Crippen molar-refractivity contribution < 1.29 is 14.5 Å². The van der Waals surface area contributed by atoms with Crippen LogP contribution < -0.4 is 16.0 Å². The van der Waals surface area contributed by atoms with Crippen LogP contribution in [0.15, 0.2) is 48.5 Å². The number of carbonyl (C=O) groups excluding carboxylic acids is 1. The highest BCUT2D eigenvalue weighted by molar-refractivity contribution is 5.94. The van der Waals surface area contributed by atoms with Gasteiger partial charge in [-0.3, -0.25) is 20.3 Å². The third-order valence-corrected chi connectivity index (χ3v) is 2.79. The molecule has 7 heteroatoms. The molecule has 0 saturated carbocycles. The van der Waals surface area contributed by atoms with Crippen molar-refractivity contribution in [3.05, 3.63) is 69.8 Å². The van der Waals surface area contributed by atoms with E-state index in [4.69, 9.17) is 10.6 Å². The van der Waals surface area contributed by atoms with Gasteiger partial charge in [-0.05, 0) is 11.6 Å². The van der Waals surface area contributed by atoms with Gasteiger partial charge in [-0.2, -0.15) is 0 Å². The summed E-state index contributed by atoms with van der Waals surface area (Å²) < 4.78 is 5.46. The van der Waals surface area contributed by atoms with Crippen molar-refractivity contribution in [2.75, 3.05) is 0 Å². The van der Waals surface area contributed by atoms with E-state index in [1.165, 1.54) is 18.2 Å². The Morgan fingerprint density at radius 2 is 1.87 bits per heavy atom. The molecule has 0 aliphatic carbocycles. The van der Waals surface area contributed by atoms with Crippen LogP contribution in [0.1, 0.15) is 29.8 Å². The van der Waals surface area contributed by atoms with E-state index in [1.807, 2.05) is 49.6 Å². The van der Waals surface area contributed by atoms with Crippen LogP contribution in [0.25, 0.3) is 0 Å². The molecule has 0 aliphatic heterocycles. The van der Waals surface area contributed by atoms with Crippen LogP contribution in [0.3, 0.4) is 0 Å². The van der Waals surface area contributed by atoms with Gasteiger partial charge in [0.25, 0.3) is 5.91 Å². The second kappa shape index (κ2) is 9.16. The summed E-state index contributed by atoms with van der Waals surface area (Å²) in [6, 6.07) is 13.0. The molecule has 3 N–H and O–H groups in total. The Hall–Kier alpha value is -2.93. The molecule has 0 heterocycles. The lowest BCUT2D eigenvalue weighted by Crippen LogP contribution is -2.29. The molecule has 0 aliphatic rings. The summed E-state index contributed by atoms with van der Waals surface area (Å²) in [4.78, 5) is 21.9. The fourth-order valence-electron chi connectivity index (χ4n) is 1.74. The molecule has 7 nitrogen and oxygen atoms in total. The van der Waals surface area contributed by atoms with Gasteiger partial charge >= 0.3 is 5.69 Å². The highest BCUT2D eigenvalue weighted by Crippen LogP contribution is 2.28. The maximum absolute atomic E-state index is 11.5. The lowest BCUT2D eigenvalue weighted by molar-refractivity contribution is -0.385. The number of nitrogens with one attached hydrogen (secondary N) is 1. The molecular weight excluding hydrogens is 298 g/mol. The standard InChI is InChI=1S/C14H13N3O4.C2H6/c15-16-14(18)11-6-7-12(17(19)20)13(8-11)21-9-10-4-2-1-3-5-10;1-2/h1-8H,9,15H2,(H,16,18);1-2H3. The first kappa shape index (κ1) is 18.1. The molecule has 2 rings (SSSR count). The first-order valence-electron chi connectivity index (χ1n) is 7.08. The molecule has 0 atom stereocenters. The van der Waals surface area contributed by atoms with Gasteiger partial charge in [0, 0.05) is 17.7 Å². The number of carbonyl (C=O) groups is 1. The quantitative estimate of drug-likeness (QED) is 0.381. The molecule has 122 valence electrons. The minimum atomic E-state index is -0.565. The van der Waals surface area contributed by atoms with Crippen LogP contribution in [0, 0.1) is 10.1 Å². The van der Waals surface area contributed by atoms with Gasteiger partial charge in [-0.15, -0.1) is 0 Å². The van der Waals surface area contributed by atoms with E-state index < -0.39 is 10.8 Å². The summed E-state index contributed by atoms with van der Waals surface area (Å²) >= 11 is 0. The molecule has 0 unspecified atom stereocenters. The molecule has 0 aromatic heterocycles. The molecule has 0 bridgehead atoms. The molecule has 0 saturated heterocycles. The van der Waals surface area contributed by atoms with Crippen molar-refractivity contribution in [3.63, 3.8) is 0 Å². The van der Waals surface area contributed by atoms with Crippen molar-refractivity contribution in [2.45, 2.75) is 20.5 Å². The topological polar surface area (TPSA) is 107 Å². The minimum absolute atomic E-state index is 0.0185. The van der Waals surface area contributed by atoms with Crippen molar-refractivity contribution in [3.8, 4) is 5.75 Å². The van der Waals surface area contributed by atoms with E-state index in [9.17, 15) is 14.9 Å². The number of rotatable bonds is 5. The third kappa shape index (κ3) is 5.08. The number of nitrogen functional groups attached to an aromatic ring is 1. The summed E-state index contributed by atoms with van der Waals surface area (Å²) in [5.41, 5.74) is 2.81. The predicted octanol–water partition coefficient (Wildman–Crippen LogP) is 2.80. The Balaban J connectivity index is 0.00000127. The number of nitrogens with zero attached hydrogens (tertiary/aromatic N) is 1. The van der Waals surface area contributed by atoms with Crippen molar-refractivity contribution >= 4 is 11.6 Å². The molecule has 0 radical (unpaired) electrons. The lowest BCUT2D eigenvalue weighted by atomic mass is 10.2. The number of benzene rings is 2. The lowest BCUT2D eigenvalue weighted by Gasteiger charge is -2.08. The largest absolute Gasteiger partial charge is 0.482 e. The van der Waals surface area contributed by atoms with Gasteiger partial charge < -0.3 is 4.74 Å². The van der Waals surface area contributed by atoms with E-state index >= 15 is 0 Å². The Labute approximate surface area is 134 Å². The van der Waals surface area contributed by atoms with Crippen molar-refractivity contribution in [1.82, 2.24) is 5.43 Å². The van der Waals surface area contributed by atoms with E-state index in [0.717, 1.165) is 5.56 Å². The molecule has 23 heavy (non-hydrogen) atoms. The van der Waals surface area contributed by atoms with Crippen LogP contribution in [0.4, 0.5) is 5.69 Å². The number of nitro groups is 1. The zero-order chi connectivity index (χ0) is 17.2. The number of ether oxygens (including phenoxy) is 1. The first-order valence-corrected chi connectivity index (χ1v) is 7.08. The molecule has 2 aromatic rings. The highest BCUT2D eigenvalue weighted by atomic mass is 16.6. The normalized spacial score (nSPS) is 9.35. The Kier molecular flexibility index (Phi) is 7.22. The predicted molar refractivity (Wildman–Crippen MR) is 86.9 cm³/mol. The first-order chi connectivity index (χ1) is 11.1. The van der Waals surface area contributed by atoms with Crippen LogP contribution in [0.5, 0.6) is 5.75 Å². The van der Waals surface area contributed by atoms with Gasteiger partial charge in [-0.25, -0.2) is 5.84 Å². The SMILES string of the molecule is CC.NNC(=O)c1ccc([N+](=O)[O-])c(OCc2ccccc2)c1. The van der Waals surface area contributed by atoms with E-state index in [0.29, 0.717) is 0 Å². The van der Waals surface area contributed by atoms with Crippen LogP contribution in [-0.4, -0.2) is 10.8 Å². The second-order valence-electron chi connectivity index (χ2n) is 4.19. The van der Waals surface area contributed by atoms with Crippen molar-refractivity contribution in [1.29, 1.82) is 0 Å². The average molecular weight is 317 g/mol. The Morgan fingerprint density at radius 3 is 2.43 bits per heavy atom. The third-order valence-electron chi connectivity index (χ3n) is 2.79. The van der Waals surface area contributed by atoms with Crippen molar-refractivity contribution in [2.24, 2.45) is 5.84 Å². The number of hydrogen-bond donors (Lipinski definition) is 2. The maximum Gasteiger partial charge on any atom is 0.310 e. The van der Waals surface area contributed by atoms with Gasteiger partial charge in [0.1, 0.15) is 6.61 Å². The van der Waals surface area contributed by atoms with E-state index in [2.05, 4.69) is 0 Å². The van der Waals surface area contributed by atoms with Crippen LogP contribution >= 0.6 is 0 Å². The van der Waals surface area contributed by atoms with Crippen LogP contribution in [0.2, 0.25) is 0 Å². The summed E-state index contributed by atoms with van der Waals surface area (Å²) in [5.74, 6) is 4.51. The average Bonchev–Trinajstić information content (AvgIpc) is 2.61. The summed E-state index contributed by atoms with van der Waals surface area (Å²) in [6.45, 7) is 4.16. The fourth-order valence-corrected chi connectivity index (χ4v) is 1.74. The molecule has 1 amide bonds. The van der Waals surface area contributed by atoms with Gasteiger partial charge in [-0.1, -0.05) is 44.2 Å². The molecule has 0 fully saturated rings. The zero-order valence-electron chi connectivity index (χ0n) is 13.0. The summed E-state index contributed by atoms with van der Waals surface area (Å²) in [5, 5.41) is 11.0. The fraction of sp³-hybridized carbons (Fsp3) is 0.188. The van der Waals surface area contributed by atoms with Gasteiger partial charge in [0.2, 0.25) is 0 Å². The van der Waals surface area contributed by atoms with E-state index in [-0.39, 0.29) is 23.6 Å². The molecule has 0 spiro atoms. The molecule has 2 aromatic carbocycles. The highest BCUT2D eigenvalue weighted by Gasteiger charge is 2.18. The monoisotopic (exact) mass is 317 g/mol. The maximum atomic E-state index is 11.5. The second-order valence-corrected chi connectivity index (χ2v) is 4.19. The molecular formula is C16H19N3O4. The minimum Gasteiger partial charge on any atom is -0.482 e. The number of nitrogens with two attached hydrogens (primary N) is 1. The number of nitro benzene ring substituents is 1. The van der Waals surface area contributed by atoms with Crippen LogP contribution in [-0.2, 0) is 6.61 Å². The smallest absolute Gasteiger partial charge is 0.310 e. The summed E-state index contributed by atoms with van der Waals surface area (Å²) in [7, 11) is 0. The van der Waals surface area contributed by atoms with Gasteiger partial charge in [0.05, 0.1) is 4.92 Å². The Morgan fingerprint density at radius 1 is 1.22 bits per heavy atom. The zero-order valence-corrected chi connectivity index (χ0v) is 13.0.